The number of nitrogens with zero attached hydrogens (tertiary/aromatic N) is 3. The third-order valence-corrected chi connectivity index (χ3v) is 4.48. The molecule has 0 saturated heterocycles. The number of carbonyl (C=O) groups is 1. The largest absolute Gasteiger partial charge is 0.507 e. The number of rotatable bonds is 3. The van der Waals surface area contributed by atoms with Crippen molar-refractivity contribution < 1.29 is 19.0 Å². The number of nitrogens with one attached hydrogen (secondary N) is 2. The van der Waals surface area contributed by atoms with E-state index in [4.69, 9.17) is 4.74 Å². The summed E-state index contributed by atoms with van der Waals surface area (Å²) < 4.78 is 19.7. The minimum Gasteiger partial charge on any atom is -0.507 e. The van der Waals surface area contributed by atoms with Crippen LogP contribution in [0.2, 0.25) is 0 Å². The van der Waals surface area contributed by atoms with Crippen LogP contribution >= 0.6 is 0 Å². The number of halogens is 1. The SMILES string of the molecule is COc1nccc(-c2c(C#N)ccc(O)c2C(=O)NC2=NCC(C)(C)CN2)c1F. The molecule has 1 aromatic heterocycles. The Hall–Kier alpha value is -3.67. The number of hydrogen-bond acceptors (Lipinski definition) is 7. The van der Waals surface area contributed by atoms with Gasteiger partial charge < -0.3 is 15.2 Å². The fraction of sp³-hybridized carbons (Fsp3) is 0.300. The van der Waals surface area contributed by atoms with Crippen molar-refractivity contribution in [2.45, 2.75) is 13.8 Å². The Bertz CT molecular complexity index is 1040. The van der Waals surface area contributed by atoms with Crippen molar-refractivity contribution in [3.8, 4) is 28.8 Å². The average Bonchev–Trinajstić information content (AvgIpc) is 2.69. The first-order valence-corrected chi connectivity index (χ1v) is 8.82. The van der Waals surface area contributed by atoms with Gasteiger partial charge in [-0.15, -0.1) is 0 Å². The van der Waals surface area contributed by atoms with Gasteiger partial charge in [0.05, 0.1) is 24.3 Å². The molecule has 0 atom stereocenters. The number of aliphatic imine (C=N–C) groups is 1. The zero-order chi connectivity index (χ0) is 21.2. The van der Waals surface area contributed by atoms with Crippen molar-refractivity contribution >= 4 is 11.9 Å². The van der Waals surface area contributed by atoms with Gasteiger partial charge in [-0.1, -0.05) is 13.8 Å². The van der Waals surface area contributed by atoms with Gasteiger partial charge >= 0.3 is 0 Å². The smallest absolute Gasteiger partial charge is 0.262 e. The van der Waals surface area contributed by atoms with E-state index >= 15 is 0 Å². The Kier molecular flexibility index (Phi) is 5.37. The molecule has 0 bridgehead atoms. The molecule has 0 aliphatic carbocycles. The number of aromatic hydroxyl groups is 1. The number of phenols is 1. The summed E-state index contributed by atoms with van der Waals surface area (Å²) in [7, 11) is 1.25. The van der Waals surface area contributed by atoms with Crippen LogP contribution in [0.25, 0.3) is 11.1 Å². The Labute approximate surface area is 167 Å². The molecule has 0 unspecified atom stereocenters. The molecule has 1 aliphatic rings. The van der Waals surface area contributed by atoms with Crippen LogP contribution in [-0.4, -0.2) is 42.2 Å². The summed E-state index contributed by atoms with van der Waals surface area (Å²) in [4.78, 5) is 21.0. The number of nitriles is 1. The molecule has 1 amide bonds. The minimum absolute atomic E-state index is 0.0137. The molecule has 0 radical (unpaired) electrons. The predicted octanol–water partition coefficient (Wildman–Crippen LogP) is 2.19. The fourth-order valence-electron chi connectivity index (χ4n) is 2.94. The maximum absolute atomic E-state index is 14.8. The van der Waals surface area contributed by atoms with E-state index in [9.17, 15) is 19.6 Å². The van der Waals surface area contributed by atoms with Gasteiger partial charge in [0.1, 0.15) is 5.75 Å². The van der Waals surface area contributed by atoms with Crippen molar-refractivity contribution in [3.05, 3.63) is 41.3 Å². The van der Waals surface area contributed by atoms with Crippen molar-refractivity contribution in [2.75, 3.05) is 20.2 Å². The lowest BCUT2D eigenvalue weighted by Gasteiger charge is -2.29. The highest BCUT2D eigenvalue weighted by atomic mass is 19.1. The van der Waals surface area contributed by atoms with E-state index in [1.165, 1.54) is 31.5 Å². The summed E-state index contributed by atoms with van der Waals surface area (Å²) in [6.45, 7) is 5.16. The van der Waals surface area contributed by atoms with E-state index in [1.54, 1.807) is 0 Å². The third kappa shape index (κ3) is 3.96. The highest BCUT2D eigenvalue weighted by Gasteiger charge is 2.27. The zero-order valence-corrected chi connectivity index (χ0v) is 16.2. The molecule has 0 fully saturated rings. The highest BCUT2D eigenvalue weighted by molar-refractivity contribution is 6.11. The first kappa shape index (κ1) is 20.1. The Morgan fingerprint density at radius 2 is 2.17 bits per heavy atom. The molecule has 3 rings (SSSR count). The number of ether oxygens (including phenoxy) is 1. The molecule has 2 aromatic rings. The van der Waals surface area contributed by atoms with Gasteiger partial charge in [-0.2, -0.15) is 5.26 Å². The standard InChI is InChI=1S/C20H20FN5O3/c1-20(2)9-24-19(25-10-20)26-17(28)15-13(27)5-4-11(8-22)14(15)12-6-7-23-18(29-3)16(12)21/h4-7,27H,9-10H2,1-3H3,(H2,24,25,26,28). The van der Waals surface area contributed by atoms with E-state index in [0.29, 0.717) is 13.1 Å². The van der Waals surface area contributed by atoms with Crippen LogP contribution in [0, 0.1) is 22.6 Å². The number of hydrogen-bond donors (Lipinski definition) is 3. The summed E-state index contributed by atoms with van der Waals surface area (Å²) in [6, 6.07) is 5.77. The second-order valence-corrected chi connectivity index (χ2v) is 7.31. The van der Waals surface area contributed by atoms with E-state index in [0.717, 1.165) is 0 Å². The van der Waals surface area contributed by atoms with E-state index in [1.807, 2.05) is 19.9 Å². The summed E-state index contributed by atoms with van der Waals surface area (Å²) in [6.07, 6.45) is 1.29. The molecular formula is C20H20FN5O3. The molecule has 150 valence electrons. The molecule has 1 aliphatic heterocycles. The molecule has 8 nitrogen and oxygen atoms in total. The lowest BCUT2D eigenvalue weighted by atomic mass is 9.92. The van der Waals surface area contributed by atoms with Gasteiger partial charge in [0.15, 0.2) is 11.8 Å². The van der Waals surface area contributed by atoms with E-state index in [2.05, 4.69) is 20.6 Å². The summed E-state index contributed by atoms with van der Waals surface area (Å²) >= 11 is 0. The Morgan fingerprint density at radius 1 is 1.41 bits per heavy atom. The minimum atomic E-state index is -0.846. The van der Waals surface area contributed by atoms with Crippen LogP contribution in [0.15, 0.2) is 29.4 Å². The van der Waals surface area contributed by atoms with Crippen LogP contribution in [0.3, 0.4) is 0 Å². The number of aromatic nitrogens is 1. The quantitative estimate of drug-likeness (QED) is 0.730. The molecule has 2 heterocycles. The zero-order valence-electron chi connectivity index (χ0n) is 16.2. The van der Waals surface area contributed by atoms with Gasteiger partial charge in [-0.25, -0.2) is 9.37 Å². The van der Waals surface area contributed by atoms with Crippen molar-refractivity contribution in [2.24, 2.45) is 10.4 Å². The van der Waals surface area contributed by atoms with Gasteiger partial charge in [0, 0.05) is 35.8 Å². The van der Waals surface area contributed by atoms with Gasteiger partial charge in [0.2, 0.25) is 0 Å². The number of guanidine groups is 1. The first-order valence-electron chi connectivity index (χ1n) is 8.82. The van der Waals surface area contributed by atoms with E-state index in [-0.39, 0.29) is 39.5 Å². The molecule has 9 heteroatoms. The molecule has 0 saturated carbocycles. The summed E-state index contributed by atoms with van der Waals surface area (Å²) in [5.41, 5.74) is -0.432. The molecule has 29 heavy (non-hydrogen) atoms. The lowest BCUT2D eigenvalue weighted by molar-refractivity contribution is 0.0972. The van der Waals surface area contributed by atoms with Crippen LogP contribution in [0.5, 0.6) is 11.6 Å². The van der Waals surface area contributed by atoms with Crippen molar-refractivity contribution in [1.29, 1.82) is 5.26 Å². The maximum atomic E-state index is 14.8. The Balaban J connectivity index is 2.10. The fourth-order valence-corrected chi connectivity index (χ4v) is 2.94. The molecule has 1 aromatic carbocycles. The second-order valence-electron chi connectivity index (χ2n) is 7.31. The normalized spacial score (nSPS) is 14.9. The third-order valence-electron chi connectivity index (χ3n) is 4.48. The molecule has 3 N–H and O–H groups in total. The van der Waals surface area contributed by atoms with Crippen molar-refractivity contribution in [1.82, 2.24) is 15.6 Å². The van der Waals surface area contributed by atoms with Crippen LogP contribution < -0.4 is 15.4 Å². The van der Waals surface area contributed by atoms with Gasteiger partial charge in [-0.3, -0.25) is 15.1 Å². The number of amides is 1. The van der Waals surface area contributed by atoms with Gasteiger partial charge in [0.25, 0.3) is 11.8 Å². The topological polar surface area (TPSA) is 120 Å². The lowest BCUT2D eigenvalue weighted by Crippen LogP contribution is -2.49. The number of phenolic OH excluding ortho intramolecular Hbond substituents is 1. The summed E-state index contributed by atoms with van der Waals surface area (Å²) in [5.74, 6) is -2.02. The monoisotopic (exact) mass is 397 g/mol. The van der Waals surface area contributed by atoms with E-state index < -0.39 is 17.5 Å². The molecular weight excluding hydrogens is 377 g/mol. The number of benzene rings is 1. The van der Waals surface area contributed by atoms with Crippen LogP contribution in [0.1, 0.15) is 29.8 Å². The Morgan fingerprint density at radius 3 is 2.79 bits per heavy atom. The molecule has 0 spiro atoms. The number of pyridine rings is 1. The van der Waals surface area contributed by atoms with Gasteiger partial charge in [-0.05, 0) is 18.2 Å². The second kappa shape index (κ2) is 7.75. The van der Waals surface area contributed by atoms with Crippen LogP contribution in [0.4, 0.5) is 4.39 Å². The van der Waals surface area contributed by atoms with Crippen LogP contribution in [-0.2, 0) is 0 Å². The maximum Gasteiger partial charge on any atom is 0.262 e. The number of methoxy groups -OCH3 is 1. The summed E-state index contributed by atoms with van der Waals surface area (Å²) in [5, 5.41) is 25.5. The van der Waals surface area contributed by atoms with Crippen molar-refractivity contribution in [3.63, 3.8) is 0 Å². The highest BCUT2D eigenvalue weighted by Crippen LogP contribution is 2.36. The number of carbonyl (C=O) groups excluding carboxylic acids is 1. The predicted molar refractivity (Wildman–Crippen MR) is 104 cm³/mol. The first-order chi connectivity index (χ1) is 13.8. The average molecular weight is 397 g/mol.